The summed E-state index contributed by atoms with van der Waals surface area (Å²) >= 11 is 0. The highest BCUT2D eigenvalue weighted by Gasteiger charge is 2.39. The van der Waals surface area contributed by atoms with E-state index in [-0.39, 0.29) is 11.7 Å². The van der Waals surface area contributed by atoms with Gasteiger partial charge in [-0.1, -0.05) is 0 Å². The molecule has 1 aromatic rings. The number of benzene rings is 1. The van der Waals surface area contributed by atoms with E-state index in [0.717, 1.165) is 5.69 Å². The van der Waals surface area contributed by atoms with Crippen LogP contribution in [-0.4, -0.2) is 17.1 Å². The molecule has 3 rings (SSSR count). The minimum absolute atomic E-state index is 0.114. The third-order valence-corrected chi connectivity index (χ3v) is 3.24. The molecule has 0 spiro atoms. The molecule has 1 aromatic carbocycles. The van der Waals surface area contributed by atoms with Crippen molar-refractivity contribution in [2.24, 2.45) is 5.92 Å². The zero-order chi connectivity index (χ0) is 11.1. The maximum atomic E-state index is 11.8. The lowest BCUT2D eigenvalue weighted by atomic mass is 10.1. The lowest BCUT2D eigenvalue weighted by Crippen LogP contribution is -2.38. The van der Waals surface area contributed by atoms with Gasteiger partial charge in [0.25, 0.3) is 0 Å². The highest BCUT2D eigenvalue weighted by molar-refractivity contribution is 5.95. The Balaban J connectivity index is 1.79. The van der Waals surface area contributed by atoms with Crippen molar-refractivity contribution in [3.8, 4) is 5.75 Å². The topological polar surface area (TPSA) is 52.6 Å². The molecular formula is C12H14N2O2. The van der Waals surface area contributed by atoms with E-state index in [9.17, 15) is 9.90 Å². The fraction of sp³-hybridized carbons (Fsp3) is 0.417. The van der Waals surface area contributed by atoms with E-state index in [0.29, 0.717) is 18.4 Å². The first-order valence-corrected chi connectivity index (χ1v) is 5.62. The predicted molar refractivity (Wildman–Crippen MR) is 59.9 cm³/mol. The molecule has 1 heterocycles. The molecule has 2 N–H and O–H groups in total. The quantitative estimate of drug-likeness (QED) is 0.789. The van der Waals surface area contributed by atoms with E-state index in [4.69, 9.17) is 0 Å². The van der Waals surface area contributed by atoms with Gasteiger partial charge in [0, 0.05) is 12.5 Å². The lowest BCUT2D eigenvalue weighted by Gasteiger charge is -2.17. The molecule has 1 unspecified atom stereocenters. The summed E-state index contributed by atoms with van der Waals surface area (Å²) in [4.78, 5) is 11.8. The van der Waals surface area contributed by atoms with E-state index in [1.54, 1.807) is 29.3 Å². The highest BCUT2D eigenvalue weighted by atomic mass is 16.3. The van der Waals surface area contributed by atoms with E-state index in [1.807, 2.05) is 0 Å². The molecule has 0 radical (unpaired) electrons. The fourth-order valence-corrected chi connectivity index (χ4v) is 2.15. The van der Waals surface area contributed by atoms with E-state index >= 15 is 0 Å². The summed E-state index contributed by atoms with van der Waals surface area (Å²) in [5, 5.41) is 10.8. The van der Waals surface area contributed by atoms with Gasteiger partial charge in [-0.3, -0.25) is 4.79 Å². The third-order valence-electron chi connectivity index (χ3n) is 3.24. The average Bonchev–Trinajstić information content (AvgIpc) is 3.04. The first-order chi connectivity index (χ1) is 7.74. The summed E-state index contributed by atoms with van der Waals surface area (Å²) in [5.41, 5.74) is 4.04. The van der Waals surface area contributed by atoms with Crippen LogP contribution < -0.4 is 10.4 Å². The largest absolute Gasteiger partial charge is 0.508 e. The van der Waals surface area contributed by atoms with Crippen molar-refractivity contribution in [1.29, 1.82) is 0 Å². The maximum absolute atomic E-state index is 11.8. The van der Waals surface area contributed by atoms with Crippen molar-refractivity contribution in [1.82, 2.24) is 5.43 Å². The van der Waals surface area contributed by atoms with Gasteiger partial charge in [-0.15, -0.1) is 0 Å². The smallest absolute Gasteiger partial charge is 0.243 e. The number of anilines is 1. The number of aromatic hydroxyl groups is 1. The Bertz CT molecular complexity index is 412. The molecule has 0 aromatic heterocycles. The second kappa shape index (κ2) is 3.49. The van der Waals surface area contributed by atoms with Crippen molar-refractivity contribution in [3.63, 3.8) is 0 Å². The Labute approximate surface area is 93.8 Å². The standard InChI is InChI=1S/C12H14N2O2/c15-10-5-3-9(4-6-10)14-12(16)7-11(13-14)8-1-2-8/h3-6,8,11,13,15H,1-2,7H2. The normalized spacial score (nSPS) is 25.1. The Morgan fingerprint density at radius 2 is 1.94 bits per heavy atom. The van der Waals surface area contributed by atoms with Crippen molar-refractivity contribution >= 4 is 11.6 Å². The molecule has 2 fully saturated rings. The van der Waals surface area contributed by atoms with Crippen molar-refractivity contribution in [2.75, 3.05) is 5.01 Å². The zero-order valence-electron chi connectivity index (χ0n) is 8.89. The van der Waals surface area contributed by atoms with Crippen molar-refractivity contribution in [2.45, 2.75) is 25.3 Å². The maximum Gasteiger partial charge on any atom is 0.243 e. The minimum atomic E-state index is 0.114. The molecule has 4 heteroatoms. The molecule has 1 saturated heterocycles. The molecule has 16 heavy (non-hydrogen) atoms. The van der Waals surface area contributed by atoms with E-state index in [1.165, 1.54) is 12.8 Å². The number of nitrogens with one attached hydrogen (secondary N) is 1. The van der Waals surface area contributed by atoms with Crippen LogP contribution in [0, 0.1) is 5.92 Å². The van der Waals surface area contributed by atoms with Crippen LogP contribution in [0.2, 0.25) is 0 Å². The SMILES string of the molecule is O=C1CC(C2CC2)NN1c1ccc(O)cc1. The Kier molecular flexibility index (Phi) is 2.11. The second-order valence-corrected chi connectivity index (χ2v) is 4.52. The van der Waals surface area contributed by atoms with Crippen LogP contribution in [0.3, 0.4) is 0 Å². The summed E-state index contributed by atoms with van der Waals surface area (Å²) in [5.74, 6) is 1.00. The Morgan fingerprint density at radius 1 is 1.25 bits per heavy atom. The summed E-state index contributed by atoms with van der Waals surface area (Å²) in [7, 11) is 0. The molecule has 1 aliphatic heterocycles. The van der Waals surface area contributed by atoms with Gasteiger partial charge >= 0.3 is 0 Å². The predicted octanol–water partition coefficient (Wildman–Crippen LogP) is 1.41. The summed E-state index contributed by atoms with van der Waals surface area (Å²) in [6, 6.07) is 6.98. The molecule has 0 bridgehead atoms. The average molecular weight is 218 g/mol. The van der Waals surface area contributed by atoms with Crippen LogP contribution in [0.5, 0.6) is 5.75 Å². The molecule has 1 aliphatic carbocycles. The van der Waals surface area contributed by atoms with Gasteiger partial charge < -0.3 is 5.11 Å². The lowest BCUT2D eigenvalue weighted by molar-refractivity contribution is -0.117. The summed E-state index contributed by atoms with van der Waals surface area (Å²) in [6.07, 6.45) is 3.05. The number of phenols is 1. The van der Waals surface area contributed by atoms with Crippen molar-refractivity contribution < 1.29 is 9.90 Å². The number of hydrazine groups is 1. The Hall–Kier alpha value is -1.55. The third kappa shape index (κ3) is 1.65. The monoisotopic (exact) mass is 218 g/mol. The zero-order valence-corrected chi connectivity index (χ0v) is 8.89. The number of hydrogen-bond acceptors (Lipinski definition) is 3. The van der Waals surface area contributed by atoms with E-state index in [2.05, 4.69) is 5.43 Å². The number of hydrogen-bond donors (Lipinski definition) is 2. The molecule has 1 atom stereocenters. The summed E-state index contributed by atoms with van der Waals surface area (Å²) < 4.78 is 0. The van der Waals surface area contributed by atoms with Gasteiger partial charge in [-0.25, -0.2) is 10.4 Å². The fourth-order valence-electron chi connectivity index (χ4n) is 2.15. The van der Waals surface area contributed by atoms with Crippen LogP contribution in [0.1, 0.15) is 19.3 Å². The number of rotatable bonds is 2. The van der Waals surface area contributed by atoms with Crippen LogP contribution in [0.15, 0.2) is 24.3 Å². The molecule has 84 valence electrons. The Morgan fingerprint density at radius 3 is 2.56 bits per heavy atom. The number of phenolic OH excluding ortho intramolecular Hbond substituents is 1. The first kappa shape index (κ1) is 9.66. The molecular weight excluding hydrogens is 204 g/mol. The highest BCUT2D eigenvalue weighted by Crippen LogP contribution is 2.37. The van der Waals surface area contributed by atoms with Crippen LogP contribution in [-0.2, 0) is 4.79 Å². The van der Waals surface area contributed by atoms with Gasteiger partial charge in [0.2, 0.25) is 5.91 Å². The number of amides is 1. The summed E-state index contributed by atoms with van der Waals surface area (Å²) in [6.45, 7) is 0. The molecule has 1 saturated carbocycles. The van der Waals surface area contributed by atoms with Crippen LogP contribution in [0.25, 0.3) is 0 Å². The number of carbonyl (C=O) groups excluding carboxylic acids is 1. The number of nitrogens with zero attached hydrogens (tertiary/aromatic N) is 1. The second-order valence-electron chi connectivity index (χ2n) is 4.52. The van der Waals surface area contributed by atoms with Gasteiger partial charge in [0.1, 0.15) is 5.75 Å². The molecule has 1 amide bonds. The van der Waals surface area contributed by atoms with Gasteiger partial charge in [0.15, 0.2) is 0 Å². The minimum Gasteiger partial charge on any atom is -0.508 e. The first-order valence-electron chi connectivity index (χ1n) is 5.62. The van der Waals surface area contributed by atoms with Gasteiger partial charge in [-0.2, -0.15) is 0 Å². The van der Waals surface area contributed by atoms with Gasteiger partial charge in [0.05, 0.1) is 5.69 Å². The van der Waals surface area contributed by atoms with Crippen LogP contribution in [0.4, 0.5) is 5.69 Å². The number of carbonyl (C=O) groups is 1. The van der Waals surface area contributed by atoms with Crippen LogP contribution >= 0.6 is 0 Å². The van der Waals surface area contributed by atoms with Gasteiger partial charge in [-0.05, 0) is 43.0 Å². The van der Waals surface area contributed by atoms with Crippen molar-refractivity contribution in [3.05, 3.63) is 24.3 Å². The molecule has 2 aliphatic rings. The van der Waals surface area contributed by atoms with E-state index < -0.39 is 0 Å². The molecule has 4 nitrogen and oxygen atoms in total.